The zero-order valence-corrected chi connectivity index (χ0v) is 10.3. The minimum absolute atomic E-state index is 0.239. The highest BCUT2D eigenvalue weighted by atomic mass is 79.9. The van der Waals surface area contributed by atoms with Gasteiger partial charge in [0.1, 0.15) is 0 Å². The fourth-order valence-corrected chi connectivity index (χ4v) is 1.71. The van der Waals surface area contributed by atoms with Crippen LogP contribution in [0.2, 0.25) is 5.02 Å². The van der Waals surface area contributed by atoms with E-state index in [9.17, 15) is 4.79 Å². The minimum Gasteiger partial charge on any atom is -0.321 e. The SMILES string of the molecule is O=C(Nc1cccc(Cl)c1Br)c1cn[nH]c1. The summed E-state index contributed by atoms with van der Waals surface area (Å²) in [6.07, 6.45) is 2.97. The van der Waals surface area contributed by atoms with Crippen molar-refractivity contribution in [2.24, 2.45) is 0 Å². The standard InChI is InChI=1S/C10H7BrClN3O/c11-9-7(12)2-1-3-8(9)15-10(16)6-4-13-14-5-6/h1-5H,(H,13,14)(H,15,16). The summed E-state index contributed by atoms with van der Waals surface area (Å²) in [7, 11) is 0. The molecule has 2 rings (SSSR count). The molecule has 0 aliphatic carbocycles. The second-order valence-corrected chi connectivity index (χ2v) is 4.24. The topological polar surface area (TPSA) is 57.8 Å². The maximum atomic E-state index is 11.7. The zero-order valence-electron chi connectivity index (χ0n) is 8.00. The third-order valence-corrected chi connectivity index (χ3v) is 3.36. The number of hydrogen-bond donors (Lipinski definition) is 2. The number of halogens is 2. The van der Waals surface area contributed by atoms with Gasteiger partial charge in [-0.15, -0.1) is 0 Å². The Morgan fingerprint density at radius 2 is 2.31 bits per heavy atom. The van der Waals surface area contributed by atoms with Gasteiger partial charge in [-0.2, -0.15) is 5.10 Å². The molecule has 0 spiro atoms. The van der Waals surface area contributed by atoms with Gasteiger partial charge in [-0.1, -0.05) is 17.7 Å². The average molecular weight is 301 g/mol. The molecule has 0 unspecified atom stereocenters. The molecule has 16 heavy (non-hydrogen) atoms. The van der Waals surface area contributed by atoms with E-state index in [1.165, 1.54) is 12.4 Å². The van der Waals surface area contributed by atoms with Crippen LogP contribution in [0.5, 0.6) is 0 Å². The normalized spacial score (nSPS) is 10.1. The molecule has 1 amide bonds. The predicted molar refractivity (Wildman–Crippen MR) is 65.7 cm³/mol. The molecule has 1 aromatic heterocycles. The summed E-state index contributed by atoms with van der Waals surface area (Å²) in [5, 5.41) is 9.54. The van der Waals surface area contributed by atoms with Crippen molar-refractivity contribution in [3.63, 3.8) is 0 Å². The lowest BCUT2D eigenvalue weighted by atomic mass is 10.3. The van der Waals surface area contributed by atoms with E-state index in [0.717, 1.165) is 0 Å². The average Bonchev–Trinajstić information content (AvgIpc) is 2.78. The first-order valence-electron chi connectivity index (χ1n) is 4.42. The van der Waals surface area contributed by atoms with Crippen LogP contribution in [0.3, 0.4) is 0 Å². The van der Waals surface area contributed by atoms with Crippen LogP contribution in [0.15, 0.2) is 35.1 Å². The first-order chi connectivity index (χ1) is 7.68. The number of nitrogens with one attached hydrogen (secondary N) is 2. The molecule has 0 saturated heterocycles. The number of aromatic amines is 1. The highest BCUT2D eigenvalue weighted by Gasteiger charge is 2.10. The zero-order chi connectivity index (χ0) is 11.5. The molecule has 0 bridgehead atoms. The maximum Gasteiger partial charge on any atom is 0.258 e. The summed E-state index contributed by atoms with van der Waals surface area (Å²) < 4.78 is 0.661. The molecule has 0 aliphatic heterocycles. The van der Waals surface area contributed by atoms with Crippen molar-refractivity contribution in [1.82, 2.24) is 10.2 Å². The molecule has 2 aromatic rings. The summed E-state index contributed by atoms with van der Waals surface area (Å²) in [5.41, 5.74) is 1.09. The fraction of sp³-hybridized carbons (Fsp3) is 0. The Balaban J connectivity index is 2.22. The third kappa shape index (κ3) is 2.25. The van der Waals surface area contributed by atoms with Crippen LogP contribution in [0.4, 0.5) is 5.69 Å². The van der Waals surface area contributed by atoms with Crippen molar-refractivity contribution in [2.45, 2.75) is 0 Å². The van der Waals surface area contributed by atoms with Gasteiger partial charge < -0.3 is 5.32 Å². The Labute approximate surface area is 105 Å². The molecule has 1 aromatic carbocycles. The van der Waals surface area contributed by atoms with E-state index in [1.807, 2.05) is 0 Å². The van der Waals surface area contributed by atoms with Crippen molar-refractivity contribution in [3.05, 3.63) is 45.7 Å². The summed E-state index contributed by atoms with van der Waals surface area (Å²) in [6.45, 7) is 0. The van der Waals surface area contributed by atoms with E-state index in [2.05, 4.69) is 31.4 Å². The summed E-state index contributed by atoms with van der Waals surface area (Å²) in [5.74, 6) is -0.239. The minimum atomic E-state index is -0.239. The molecule has 0 saturated carbocycles. The number of aromatic nitrogens is 2. The van der Waals surface area contributed by atoms with Gasteiger partial charge in [0.25, 0.3) is 5.91 Å². The van der Waals surface area contributed by atoms with Gasteiger partial charge in [0, 0.05) is 6.20 Å². The lowest BCUT2D eigenvalue weighted by Gasteiger charge is -2.06. The lowest BCUT2D eigenvalue weighted by Crippen LogP contribution is -2.11. The van der Waals surface area contributed by atoms with E-state index in [4.69, 9.17) is 11.6 Å². The van der Waals surface area contributed by atoms with Gasteiger partial charge in [0.2, 0.25) is 0 Å². The number of carbonyl (C=O) groups excluding carboxylic acids is 1. The highest BCUT2D eigenvalue weighted by Crippen LogP contribution is 2.30. The van der Waals surface area contributed by atoms with Crippen molar-refractivity contribution in [2.75, 3.05) is 5.32 Å². The second-order valence-electron chi connectivity index (χ2n) is 3.04. The third-order valence-electron chi connectivity index (χ3n) is 1.96. The molecule has 0 radical (unpaired) electrons. The van der Waals surface area contributed by atoms with Crippen LogP contribution >= 0.6 is 27.5 Å². The summed E-state index contributed by atoms with van der Waals surface area (Å²) in [4.78, 5) is 11.7. The van der Waals surface area contributed by atoms with E-state index < -0.39 is 0 Å². The van der Waals surface area contributed by atoms with Crippen molar-refractivity contribution >= 4 is 39.1 Å². The molecular weight excluding hydrogens is 293 g/mol. The van der Waals surface area contributed by atoms with Crippen LogP contribution in [0.1, 0.15) is 10.4 Å². The van der Waals surface area contributed by atoms with E-state index in [1.54, 1.807) is 18.2 Å². The highest BCUT2D eigenvalue weighted by molar-refractivity contribution is 9.10. The monoisotopic (exact) mass is 299 g/mol. The number of nitrogens with zero attached hydrogens (tertiary/aromatic N) is 1. The number of amides is 1. The first kappa shape index (κ1) is 11.2. The van der Waals surface area contributed by atoms with E-state index in [0.29, 0.717) is 20.7 Å². The number of hydrogen-bond acceptors (Lipinski definition) is 2. The predicted octanol–water partition coefficient (Wildman–Crippen LogP) is 3.08. The van der Waals surface area contributed by atoms with Crippen LogP contribution in [-0.4, -0.2) is 16.1 Å². The molecule has 82 valence electrons. The lowest BCUT2D eigenvalue weighted by molar-refractivity contribution is 0.102. The number of carbonyl (C=O) groups is 1. The van der Waals surface area contributed by atoms with Gasteiger partial charge >= 0.3 is 0 Å². The van der Waals surface area contributed by atoms with Crippen LogP contribution in [0, 0.1) is 0 Å². The van der Waals surface area contributed by atoms with Crippen molar-refractivity contribution in [1.29, 1.82) is 0 Å². The van der Waals surface area contributed by atoms with Gasteiger partial charge in [-0.25, -0.2) is 0 Å². The smallest absolute Gasteiger partial charge is 0.258 e. The molecule has 0 aliphatic rings. The first-order valence-corrected chi connectivity index (χ1v) is 5.59. The number of rotatable bonds is 2. The van der Waals surface area contributed by atoms with Crippen molar-refractivity contribution < 1.29 is 4.79 Å². The Morgan fingerprint density at radius 3 is 3.00 bits per heavy atom. The van der Waals surface area contributed by atoms with E-state index in [-0.39, 0.29) is 5.91 Å². The van der Waals surface area contributed by atoms with Gasteiger partial charge in [0.15, 0.2) is 0 Å². The van der Waals surface area contributed by atoms with Crippen LogP contribution in [-0.2, 0) is 0 Å². The Bertz CT molecular complexity index is 513. The molecule has 4 nitrogen and oxygen atoms in total. The van der Waals surface area contributed by atoms with Gasteiger partial charge in [-0.3, -0.25) is 9.89 Å². The number of anilines is 1. The summed E-state index contributed by atoms with van der Waals surface area (Å²) >= 11 is 9.21. The molecule has 2 N–H and O–H groups in total. The Hall–Kier alpha value is -1.33. The largest absolute Gasteiger partial charge is 0.321 e. The number of H-pyrrole nitrogens is 1. The molecule has 0 atom stereocenters. The van der Waals surface area contributed by atoms with Crippen LogP contribution < -0.4 is 5.32 Å². The van der Waals surface area contributed by atoms with Crippen molar-refractivity contribution in [3.8, 4) is 0 Å². The van der Waals surface area contributed by atoms with E-state index >= 15 is 0 Å². The van der Waals surface area contributed by atoms with Crippen LogP contribution in [0.25, 0.3) is 0 Å². The van der Waals surface area contributed by atoms with Gasteiger partial charge in [0.05, 0.1) is 26.9 Å². The maximum absolute atomic E-state index is 11.7. The molecule has 0 fully saturated rings. The fourth-order valence-electron chi connectivity index (χ4n) is 1.17. The molecule has 6 heteroatoms. The Kier molecular flexibility index (Phi) is 3.26. The number of benzene rings is 1. The Morgan fingerprint density at radius 1 is 1.50 bits per heavy atom. The van der Waals surface area contributed by atoms with Gasteiger partial charge in [-0.05, 0) is 28.1 Å². The molecule has 1 heterocycles. The second kappa shape index (κ2) is 4.67. The summed E-state index contributed by atoms with van der Waals surface area (Å²) in [6, 6.07) is 5.26. The molecular formula is C10H7BrClN3O. The quantitative estimate of drug-likeness (QED) is 0.895.